The number of carbonyl (C=O) groups excluding carboxylic acids is 2. The van der Waals surface area contributed by atoms with Crippen LogP contribution in [-0.2, 0) is 9.59 Å². The Labute approximate surface area is 113 Å². The Morgan fingerprint density at radius 3 is 2.83 bits per heavy atom. The van der Waals surface area contributed by atoms with Gasteiger partial charge in [0.1, 0.15) is 6.04 Å². The largest absolute Gasteiger partial charge is 0.348 e. The third-order valence-corrected chi connectivity index (χ3v) is 3.11. The highest BCUT2D eigenvalue weighted by Gasteiger charge is 2.34. The Morgan fingerprint density at radius 2 is 2.17 bits per heavy atom. The molecule has 1 N–H and O–H groups in total. The molecule has 0 aliphatic carbocycles. The molecule has 18 heavy (non-hydrogen) atoms. The Hall–Kier alpha value is -1.40. The van der Waals surface area contributed by atoms with E-state index in [-0.39, 0.29) is 28.7 Å². The number of anilines is 1. The van der Waals surface area contributed by atoms with Crippen molar-refractivity contribution in [2.24, 2.45) is 0 Å². The van der Waals surface area contributed by atoms with Crippen molar-refractivity contribution >= 4 is 40.7 Å². The van der Waals surface area contributed by atoms with Crippen molar-refractivity contribution in [3.05, 3.63) is 16.4 Å². The Balaban J connectivity index is 2.42. The molecule has 1 aliphatic rings. The molecule has 0 bridgehead atoms. The van der Waals surface area contributed by atoms with Crippen LogP contribution in [0.3, 0.4) is 0 Å². The molecule has 2 amide bonds. The van der Waals surface area contributed by atoms with Gasteiger partial charge in [-0.05, 0) is 6.42 Å². The number of hydrogen-bond donors (Lipinski definition) is 1. The van der Waals surface area contributed by atoms with Gasteiger partial charge in [0.05, 0.1) is 12.2 Å². The lowest BCUT2D eigenvalue weighted by Crippen LogP contribution is -2.58. The molecule has 0 spiro atoms. The average Bonchev–Trinajstić information content (AvgIpc) is 2.31. The third-order valence-electron chi connectivity index (χ3n) is 2.65. The van der Waals surface area contributed by atoms with Gasteiger partial charge < -0.3 is 4.90 Å². The van der Waals surface area contributed by atoms with Gasteiger partial charge in [0, 0.05) is 6.07 Å². The van der Waals surface area contributed by atoms with E-state index in [4.69, 9.17) is 23.2 Å². The van der Waals surface area contributed by atoms with Crippen molar-refractivity contribution in [3.8, 4) is 0 Å². The minimum Gasteiger partial charge on any atom is -0.348 e. The summed E-state index contributed by atoms with van der Waals surface area (Å²) in [7, 11) is 0. The molecule has 1 fully saturated rings. The molecule has 96 valence electrons. The number of nitrogens with zero attached hydrogens (tertiary/aromatic N) is 3. The second-order valence-corrected chi connectivity index (χ2v) is 4.55. The minimum absolute atomic E-state index is 0.0337. The SMILES string of the molecule is CCC1C(=O)NC(=O)CN1c1cc(Cl)nnc1Cl. The van der Waals surface area contributed by atoms with E-state index in [0.29, 0.717) is 12.1 Å². The van der Waals surface area contributed by atoms with Crippen LogP contribution in [0, 0.1) is 0 Å². The van der Waals surface area contributed by atoms with Gasteiger partial charge in [-0.2, -0.15) is 0 Å². The number of amides is 2. The highest BCUT2D eigenvalue weighted by atomic mass is 35.5. The van der Waals surface area contributed by atoms with Crippen LogP contribution in [0.1, 0.15) is 13.3 Å². The lowest BCUT2D eigenvalue weighted by Gasteiger charge is -2.35. The van der Waals surface area contributed by atoms with Crippen LogP contribution in [-0.4, -0.2) is 34.6 Å². The first-order chi connectivity index (χ1) is 8.52. The first-order valence-electron chi connectivity index (χ1n) is 5.32. The van der Waals surface area contributed by atoms with E-state index in [1.54, 1.807) is 4.90 Å². The molecule has 1 saturated heterocycles. The fourth-order valence-corrected chi connectivity index (χ4v) is 2.21. The molecule has 0 saturated carbocycles. The van der Waals surface area contributed by atoms with E-state index < -0.39 is 6.04 Å². The molecule has 1 aromatic heterocycles. The van der Waals surface area contributed by atoms with Gasteiger partial charge in [-0.25, -0.2) is 0 Å². The summed E-state index contributed by atoms with van der Waals surface area (Å²) >= 11 is 11.7. The van der Waals surface area contributed by atoms with Gasteiger partial charge in [-0.15, -0.1) is 10.2 Å². The lowest BCUT2D eigenvalue weighted by molar-refractivity contribution is -0.132. The summed E-state index contributed by atoms with van der Waals surface area (Å²) in [6.07, 6.45) is 0.537. The number of hydrogen-bond acceptors (Lipinski definition) is 5. The van der Waals surface area contributed by atoms with E-state index in [1.165, 1.54) is 6.07 Å². The highest BCUT2D eigenvalue weighted by molar-refractivity contribution is 6.33. The molecule has 8 heteroatoms. The van der Waals surface area contributed by atoms with Gasteiger partial charge in [0.15, 0.2) is 10.3 Å². The monoisotopic (exact) mass is 288 g/mol. The smallest absolute Gasteiger partial charge is 0.249 e. The molecule has 6 nitrogen and oxygen atoms in total. The zero-order chi connectivity index (χ0) is 13.3. The number of nitrogens with one attached hydrogen (secondary N) is 1. The number of aromatic nitrogens is 2. The maximum Gasteiger partial charge on any atom is 0.249 e. The van der Waals surface area contributed by atoms with Crippen LogP contribution < -0.4 is 10.2 Å². The van der Waals surface area contributed by atoms with E-state index in [2.05, 4.69) is 15.5 Å². The zero-order valence-corrected chi connectivity index (χ0v) is 11.0. The van der Waals surface area contributed by atoms with Crippen molar-refractivity contribution < 1.29 is 9.59 Å². The van der Waals surface area contributed by atoms with Crippen LogP contribution in [0.4, 0.5) is 5.69 Å². The minimum atomic E-state index is -0.472. The van der Waals surface area contributed by atoms with Crippen molar-refractivity contribution in [1.29, 1.82) is 0 Å². The van der Waals surface area contributed by atoms with Gasteiger partial charge >= 0.3 is 0 Å². The van der Waals surface area contributed by atoms with Gasteiger partial charge in [-0.1, -0.05) is 30.1 Å². The molecular formula is C10H10Cl2N4O2. The zero-order valence-electron chi connectivity index (χ0n) is 9.48. The van der Waals surface area contributed by atoms with Crippen molar-refractivity contribution in [2.45, 2.75) is 19.4 Å². The highest BCUT2D eigenvalue weighted by Crippen LogP contribution is 2.28. The van der Waals surface area contributed by atoms with Crippen LogP contribution >= 0.6 is 23.2 Å². The molecule has 1 aliphatic heterocycles. The quantitative estimate of drug-likeness (QED) is 0.823. The fraction of sp³-hybridized carbons (Fsp3) is 0.400. The summed E-state index contributed by atoms with van der Waals surface area (Å²) in [6.45, 7) is 1.88. The topological polar surface area (TPSA) is 75.2 Å². The molecular weight excluding hydrogens is 279 g/mol. The summed E-state index contributed by atoms with van der Waals surface area (Å²) < 4.78 is 0. The molecule has 1 unspecified atom stereocenters. The molecule has 0 aromatic carbocycles. The Kier molecular flexibility index (Phi) is 3.68. The van der Waals surface area contributed by atoms with E-state index in [9.17, 15) is 9.59 Å². The average molecular weight is 289 g/mol. The summed E-state index contributed by atoms with van der Waals surface area (Å²) in [5, 5.41) is 9.82. The number of rotatable bonds is 2. The summed E-state index contributed by atoms with van der Waals surface area (Å²) in [5.74, 6) is -0.730. The lowest BCUT2D eigenvalue weighted by atomic mass is 10.1. The molecule has 1 aromatic rings. The predicted octanol–water partition coefficient (Wildman–Crippen LogP) is 1.02. The second kappa shape index (κ2) is 5.07. The number of carbonyl (C=O) groups is 2. The van der Waals surface area contributed by atoms with Gasteiger partial charge in [0.2, 0.25) is 11.8 Å². The van der Waals surface area contributed by atoms with Crippen molar-refractivity contribution in [2.75, 3.05) is 11.4 Å². The standard InChI is InChI=1S/C10H10Cl2N4O2/c1-2-5-10(18)13-8(17)4-16(5)6-3-7(11)14-15-9(6)12/h3,5H,2,4H2,1H3,(H,13,17,18). The van der Waals surface area contributed by atoms with Crippen LogP contribution in [0.5, 0.6) is 0 Å². The molecule has 1 atom stereocenters. The van der Waals surface area contributed by atoms with Crippen molar-refractivity contribution in [3.63, 3.8) is 0 Å². The number of piperazine rings is 1. The Bertz CT molecular complexity index is 509. The fourth-order valence-electron chi connectivity index (χ4n) is 1.87. The van der Waals surface area contributed by atoms with E-state index in [1.807, 2.05) is 6.92 Å². The molecule has 2 heterocycles. The third kappa shape index (κ3) is 2.39. The van der Waals surface area contributed by atoms with Crippen molar-refractivity contribution in [1.82, 2.24) is 15.5 Å². The summed E-state index contributed by atoms with van der Waals surface area (Å²) in [4.78, 5) is 24.7. The van der Waals surface area contributed by atoms with Crippen LogP contribution in [0.2, 0.25) is 10.3 Å². The van der Waals surface area contributed by atoms with Crippen LogP contribution in [0.25, 0.3) is 0 Å². The number of imide groups is 1. The van der Waals surface area contributed by atoms with Gasteiger partial charge in [-0.3, -0.25) is 14.9 Å². The first kappa shape index (κ1) is 13.0. The molecule has 2 rings (SSSR count). The van der Waals surface area contributed by atoms with E-state index >= 15 is 0 Å². The molecule has 0 radical (unpaired) electrons. The van der Waals surface area contributed by atoms with Crippen LogP contribution in [0.15, 0.2) is 6.07 Å². The summed E-state index contributed by atoms with van der Waals surface area (Å²) in [5.41, 5.74) is 0.437. The second-order valence-electron chi connectivity index (χ2n) is 3.81. The maximum atomic E-state index is 11.7. The van der Waals surface area contributed by atoms with E-state index in [0.717, 1.165) is 0 Å². The number of halogens is 2. The Morgan fingerprint density at radius 1 is 1.44 bits per heavy atom. The predicted molar refractivity (Wildman–Crippen MR) is 66.6 cm³/mol. The maximum absolute atomic E-state index is 11.7. The summed E-state index contributed by atoms with van der Waals surface area (Å²) in [6, 6.07) is 1.02. The van der Waals surface area contributed by atoms with Gasteiger partial charge in [0.25, 0.3) is 0 Å². The first-order valence-corrected chi connectivity index (χ1v) is 6.07. The normalized spacial score (nSPS) is 19.9.